The number of aromatic nitrogens is 3. The Morgan fingerprint density at radius 1 is 1.06 bits per heavy atom. The van der Waals surface area contributed by atoms with Crippen LogP contribution in [-0.2, 0) is 11.3 Å². The van der Waals surface area contributed by atoms with E-state index in [4.69, 9.17) is 9.47 Å². The molecule has 0 atom stereocenters. The number of rotatable bonds is 9. The second-order valence-corrected chi connectivity index (χ2v) is 7.66. The van der Waals surface area contributed by atoms with Gasteiger partial charge in [0.1, 0.15) is 5.75 Å². The van der Waals surface area contributed by atoms with Gasteiger partial charge in [0.05, 0.1) is 19.3 Å². The average molecular weight is 453 g/mol. The molecule has 0 fully saturated rings. The minimum atomic E-state index is -0.757. The Balaban J connectivity index is 2.11. The lowest BCUT2D eigenvalue weighted by molar-refractivity contribution is 0.0938. The summed E-state index contributed by atoms with van der Waals surface area (Å²) < 4.78 is 12.3. The molecule has 0 bridgehead atoms. The van der Waals surface area contributed by atoms with Gasteiger partial charge in [0.2, 0.25) is 5.69 Å². The van der Waals surface area contributed by atoms with Gasteiger partial charge in [-0.05, 0) is 61.2 Å². The average Bonchev–Trinajstić information content (AvgIpc) is 2.81. The molecule has 0 aliphatic carbocycles. The van der Waals surface area contributed by atoms with Crippen molar-refractivity contribution in [2.24, 2.45) is 0 Å². The van der Waals surface area contributed by atoms with Gasteiger partial charge in [-0.3, -0.25) is 14.2 Å². The Morgan fingerprint density at radius 3 is 2.55 bits per heavy atom. The third-order valence-electron chi connectivity index (χ3n) is 5.30. The van der Waals surface area contributed by atoms with E-state index < -0.39 is 17.2 Å². The van der Waals surface area contributed by atoms with Gasteiger partial charge in [0, 0.05) is 20.3 Å². The van der Waals surface area contributed by atoms with Crippen molar-refractivity contribution in [2.75, 3.05) is 27.4 Å². The number of nitrogens with one attached hydrogen (secondary N) is 1. The maximum Gasteiger partial charge on any atom is 0.352 e. The van der Waals surface area contributed by atoms with Crippen LogP contribution in [0.4, 0.5) is 0 Å². The molecule has 1 N–H and O–H groups in total. The summed E-state index contributed by atoms with van der Waals surface area (Å²) in [5.41, 5.74) is 1.40. The summed E-state index contributed by atoms with van der Waals surface area (Å²) in [6.07, 6.45) is 0.580. The molecule has 9 nitrogen and oxygen atoms in total. The third-order valence-corrected chi connectivity index (χ3v) is 5.30. The lowest BCUT2D eigenvalue weighted by Crippen LogP contribution is -2.46. The van der Waals surface area contributed by atoms with Crippen molar-refractivity contribution < 1.29 is 14.3 Å². The number of carbonyl (C=O) groups is 1. The first-order valence-corrected chi connectivity index (χ1v) is 10.6. The van der Waals surface area contributed by atoms with Crippen molar-refractivity contribution >= 4 is 5.91 Å². The Morgan fingerprint density at radius 2 is 1.85 bits per heavy atom. The molecule has 174 valence electrons. The van der Waals surface area contributed by atoms with Crippen molar-refractivity contribution in [1.82, 2.24) is 19.7 Å². The van der Waals surface area contributed by atoms with E-state index in [0.717, 1.165) is 20.4 Å². The van der Waals surface area contributed by atoms with Crippen LogP contribution in [0, 0.1) is 13.8 Å². The van der Waals surface area contributed by atoms with Crippen molar-refractivity contribution in [1.29, 1.82) is 0 Å². The molecule has 33 heavy (non-hydrogen) atoms. The third kappa shape index (κ3) is 5.56. The van der Waals surface area contributed by atoms with Crippen molar-refractivity contribution in [3.63, 3.8) is 0 Å². The van der Waals surface area contributed by atoms with E-state index in [0.29, 0.717) is 36.6 Å². The zero-order valence-corrected chi connectivity index (χ0v) is 19.3. The zero-order chi connectivity index (χ0) is 24.0. The molecule has 3 rings (SSSR count). The Hall–Kier alpha value is -3.72. The molecule has 1 heterocycles. The van der Waals surface area contributed by atoms with Gasteiger partial charge in [-0.1, -0.05) is 18.2 Å². The molecule has 0 saturated heterocycles. The number of nitrogens with zero attached hydrogens (tertiary/aromatic N) is 3. The van der Waals surface area contributed by atoms with Crippen LogP contribution in [0.2, 0.25) is 0 Å². The number of aryl methyl sites for hydroxylation is 2. The minimum absolute atomic E-state index is 0.0355. The van der Waals surface area contributed by atoms with E-state index in [1.54, 1.807) is 43.5 Å². The topological polar surface area (TPSA) is 104 Å². The molecule has 9 heteroatoms. The predicted octanol–water partition coefficient (Wildman–Crippen LogP) is 1.83. The van der Waals surface area contributed by atoms with E-state index in [-0.39, 0.29) is 12.2 Å². The van der Waals surface area contributed by atoms with Crippen LogP contribution < -0.4 is 21.3 Å². The number of methoxy groups -OCH3 is 2. The fraction of sp³-hybridized carbons (Fsp3) is 0.333. The molecule has 0 aliphatic rings. The second kappa shape index (κ2) is 10.7. The van der Waals surface area contributed by atoms with Crippen LogP contribution in [-0.4, -0.2) is 47.6 Å². The van der Waals surface area contributed by atoms with Crippen LogP contribution in [0.25, 0.3) is 5.69 Å². The monoisotopic (exact) mass is 452 g/mol. The number of benzene rings is 2. The van der Waals surface area contributed by atoms with Crippen LogP contribution in [0.15, 0.2) is 52.1 Å². The summed E-state index contributed by atoms with van der Waals surface area (Å²) in [5, 5.41) is 6.82. The summed E-state index contributed by atoms with van der Waals surface area (Å²) in [4.78, 5) is 39.2. The van der Waals surface area contributed by atoms with Crippen molar-refractivity contribution in [3.8, 4) is 11.4 Å². The van der Waals surface area contributed by atoms with E-state index in [9.17, 15) is 14.4 Å². The predicted molar refractivity (Wildman–Crippen MR) is 124 cm³/mol. The molecular formula is C24H28N4O5. The highest BCUT2D eigenvalue weighted by Gasteiger charge is 2.20. The fourth-order valence-electron chi connectivity index (χ4n) is 3.28. The smallest absolute Gasteiger partial charge is 0.352 e. The quantitative estimate of drug-likeness (QED) is 0.497. The summed E-state index contributed by atoms with van der Waals surface area (Å²) in [6.45, 7) is 4.62. The van der Waals surface area contributed by atoms with E-state index in [1.807, 2.05) is 19.9 Å². The van der Waals surface area contributed by atoms with Gasteiger partial charge in [-0.25, -0.2) is 4.79 Å². The number of carbonyl (C=O) groups excluding carboxylic acids is 1. The van der Waals surface area contributed by atoms with Crippen LogP contribution in [0.3, 0.4) is 0 Å². The highest BCUT2D eigenvalue weighted by molar-refractivity contribution is 5.91. The summed E-state index contributed by atoms with van der Waals surface area (Å²) >= 11 is 0. The maximum absolute atomic E-state index is 13.3. The number of amides is 1. The highest BCUT2D eigenvalue weighted by Crippen LogP contribution is 2.14. The van der Waals surface area contributed by atoms with Crippen molar-refractivity contribution in [3.05, 3.63) is 85.7 Å². The molecule has 0 saturated carbocycles. The van der Waals surface area contributed by atoms with Crippen LogP contribution in [0.1, 0.15) is 33.6 Å². The molecule has 3 aromatic rings. The Bertz CT molecular complexity index is 1260. The van der Waals surface area contributed by atoms with Gasteiger partial charge < -0.3 is 14.8 Å². The summed E-state index contributed by atoms with van der Waals surface area (Å²) in [6, 6.07) is 12.4. The lowest BCUT2D eigenvalue weighted by atomic mass is 10.1. The first-order valence-electron chi connectivity index (χ1n) is 10.6. The van der Waals surface area contributed by atoms with E-state index in [2.05, 4.69) is 10.4 Å². The first kappa shape index (κ1) is 23.9. The van der Waals surface area contributed by atoms with Crippen LogP contribution >= 0.6 is 0 Å². The number of ether oxygens (including phenoxy) is 2. The van der Waals surface area contributed by atoms with E-state index in [1.165, 1.54) is 7.11 Å². The summed E-state index contributed by atoms with van der Waals surface area (Å²) in [5.74, 6) is -0.0479. The minimum Gasteiger partial charge on any atom is -0.497 e. The van der Waals surface area contributed by atoms with Crippen LogP contribution in [0.5, 0.6) is 5.75 Å². The normalized spacial score (nSPS) is 10.8. The maximum atomic E-state index is 13.3. The number of hydrogen-bond acceptors (Lipinski definition) is 6. The van der Waals surface area contributed by atoms with E-state index >= 15 is 0 Å². The molecule has 1 aromatic heterocycles. The SMILES string of the molecule is COCCCNC(=O)c1nn(-c2ccc(C)c(C)c2)c(=O)n(Cc2cccc(OC)c2)c1=O. The second-order valence-electron chi connectivity index (χ2n) is 7.66. The lowest BCUT2D eigenvalue weighted by Gasteiger charge is -2.13. The fourth-order valence-corrected chi connectivity index (χ4v) is 3.28. The molecule has 0 aliphatic heterocycles. The highest BCUT2D eigenvalue weighted by atomic mass is 16.5. The van der Waals surface area contributed by atoms with Gasteiger partial charge in [0.15, 0.2) is 0 Å². The van der Waals surface area contributed by atoms with Gasteiger partial charge in [-0.15, -0.1) is 0 Å². The van der Waals surface area contributed by atoms with Gasteiger partial charge in [0.25, 0.3) is 11.5 Å². The molecule has 0 radical (unpaired) electrons. The standard InChI is InChI=1S/C24H28N4O5/c1-16-9-10-19(13-17(16)2)28-24(31)27(15-18-7-5-8-20(14-18)33-4)23(30)21(26-28)22(29)25-11-6-12-32-3/h5,7-10,13-14H,6,11-12,15H2,1-4H3,(H,25,29). The van der Waals surface area contributed by atoms with Gasteiger partial charge in [-0.2, -0.15) is 9.78 Å². The van der Waals surface area contributed by atoms with Crippen molar-refractivity contribution in [2.45, 2.75) is 26.8 Å². The molecule has 0 spiro atoms. The summed E-state index contributed by atoms with van der Waals surface area (Å²) in [7, 11) is 3.11. The first-order chi connectivity index (χ1) is 15.8. The molecular weight excluding hydrogens is 424 g/mol. The largest absolute Gasteiger partial charge is 0.497 e. The zero-order valence-electron chi connectivity index (χ0n) is 19.3. The molecule has 2 aromatic carbocycles. The number of hydrogen-bond donors (Lipinski definition) is 1. The van der Waals surface area contributed by atoms with Gasteiger partial charge >= 0.3 is 5.69 Å². The molecule has 0 unspecified atom stereocenters. The molecule has 1 amide bonds. The Labute approximate surface area is 191 Å². The Kier molecular flexibility index (Phi) is 7.78.